The Balaban J connectivity index is 1.68. The van der Waals surface area contributed by atoms with E-state index in [1.165, 1.54) is 29.6 Å². The number of nitrogens with zero attached hydrogens (tertiary/aromatic N) is 3. The fourth-order valence-corrected chi connectivity index (χ4v) is 5.51. The summed E-state index contributed by atoms with van der Waals surface area (Å²) in [6.45, 7) is 3.43. The monoisotopic (exact) mass is 393 g/mol. The highest BCUT2D eigenvalue weighted by Crippen LogP contribution is 2.24. The molecule has 2 fully saturated rings. The predicted molar refractivity (Wildman–Crippen MR) is 106 cm³/mol. The van der Waals surface area contributed by atoms with Crippen LogP contribution < -0.4 is 9.80 Å². The molecule has 0 aromatic heterocycles. The lowest BCUT2D eigenvalue weighted by molar-refractivity contribution is -0.131. The standard InChI is InChI=1S/C19H27N3O4S/c1-15(23)22(13-19(24)20(2)18-9-12-27(25,26)14-18)17-7-5-16(6-8-17)21-10-3-4-11-21/h5-8,18H,3-4,9-14H2,1-2H3. The summed E-state index contributed by atoms with van der Waals surface area (Å²) in [6, 6.07) is 7.38. The third-order valence-electron chi connectivity index (χ3n) is 5.46. The van der Waals surface area contributed by atoms with Crippen LogP contribution in [0.5, 0.6) is 0 Å². The molecule has 8 heteroatoms. The molecule has 1 aromatic rings. The molecule has 2 aliphatic heterocycles. The van der Waals surface area contributed by atoms with Crippen LogP contribution in [0.1, 0.15) is 26.2 Å². The fourth-order valence-electron chi connectivity index (χ4n) is 3.73. The lowest BCUT2D eigenvalue weighted by atomic mass is 10.2. The van der Waals surface area contributed by atoms with Gasteiger partial charge in [-0.2, -0.15) is 0 Å². The highest BCUT2D eigenvalue weighted by Gasteiger charge is 2.33. The number of carbonyl (C=O) groups is 2. The van der Waals surface area contributed by atoms with Gasteiger partial charge in [0.25, 0.3) is 0 Å². The summed E-state index contributed by atoms with van der Waals surface area (Å²) < 4.78 is 23.3. The molecule has 0 aliphatic carbocycles. The summed E-state index contributed by atoms with van der Waals surface area (Å²) in [5.74, 6) is -0.357. The van der Waals surface area contributed by atoms with Crippen LogP contribution in [0.3, 0.4) is 0 Å². The second-order valence-electron chi connectivity index (χ2n) is 7.38. The van der Waals surface area contributed by atoms with Crippen molar-refractivity contribution in [1.82, 2.24) is 4.90 Å². The van der Waals surface area contributed by atoms with Crippen molar-refractivity contribution in [3.63, 3.8) is 0 Å². The predicted octanol–water partition coefficient (Wildman–Crippen LogP) is 1.29. The van der Waals surface area contributed by atoms with Crippen molar-refractivity contribution < 1.29 is 18.0 Å². The van der Waals surface area contributed by atoms with Gasteiger partial charge in [-0.3, -0.25) is 9.59 Å². The number of hydrogen-bond donors (Lipinski definition) is 0. The summed E-state index contributed by atoms with van der Waals surface area (Å²) in [4.78, 5) is 30.0. The summed E-state index contributed by atoms with van der Waals surface area (Å²) in [5.41, 5.74) is 1.80. The second-order valence-corrected chi connectivity index (χ2v) is 9.61. The molecule has 7 nitrogen and oxygen atoms in total. The zero-order chi connectivity index (χ0) is 19.6. The number of carbonyl (C=O) groups excluding carboxylic acids is 2. The van der Waals surface area contributed by atoms with E-state index in [9.17, 15) is 18.0 Å². The van der Waals surface area contributed by atoms with Crippen LogP contribution in [-0.4, -0.2) is 69.4 Å². The van der Waals surface area contributed by atoms with Gasteiger partial charge in [0.15, 0.2) is 9.84 Å². The van der Waals surface area contributed by atoms with Crippen molar-refractivity contribution >= 4 is 33.0 Å². The minimum Gasteiger partial charge on any atom is -0.372 e. The minimum absolute atomic E-state index is 0.000156. The summed E-state index contributed by atoms with van der Waals surface area (Å²) in [6.07, 6.45) is 2.84. The summed E-state index contributed by atoms with van der Waals surface area (Å²) >= 11 is 0. The molecule has 0 N–H and O–H groups in total. The molecule has 27 heavy (non-hydrogen) atoms. The number of hydrogen-bond acceptors (Lipinski definition) is 5. The summed E-state index contributed by atoms with van der Waals surface area (Å²) in [5, 5.41) is 0. The van der Waals surface area contributed by atoms with E-state index in [0.29, 0.717) is 12.1 Å². The van der Waals surface area contributed by atoms with Gasteiger partial charge in [-0.25, -0.2) is 8.42 Å². The molecule has 3 rings (SSSR count). The number of amides is 2. The highest BCUT2D eigenvalue weighted by atomic mass is 32.2. The SMILES string of the molecule is CC(=O)N(CC(=O)N(C)C1CCS(=O)(=O)C1)c1ccc(N2CCCC2)cc1. The van der Waals surface area contributed by atoms with E-state index in [0.717, 1.165) is 18.8 Å². The van der Waals surface area contributed by atoms with E-state index in [2.05, 4.69) is 4.90 Å². The van der Waals surface area contributed by atoms with Gasteiger partial charge in [0.05, 0.1) is 11.5 Å². The molecule has 148 valence electrons. The fraction of sp³-hybridized carbons (Fsp3) is 0.579. The number of sulfone groups is 1. The zero-order valence-electron chi connectivity index (χ0n) is 15.9. The third-order valence-corrected chi connectivity index (χ3v) is 7.21. The second kappa shape index (κ2) is 7.88. The number of benzene rings is 1. The van der Waals surface area contributed by atoms with Gasteiger partial charge >= 0.3 is 0 Å². The van der Waals surface area contributed by atoms with Crippen LogP contribution in [0.25, 0.3) is 0 Å². The van der Waals surface area contributed by atoms with Gasteiger partial charge in [-0.15, -0.1) is 0 Å². The molecule has 0 saturated carbocycles. The number of likely N-dealkylation sites (N-methyl/N-ethyl adjacent to an activating group) is 1. The van der Waals surface area contributed by atoms with E-state index in [4.69, 9.17) is 0 Å². The van der Waals surface area contributed by atoms with E-state index in [1.807, 2.05) is 24.3 Å². The van der Waals surface area contributed by atoms with Crippen LogP contribution in [0.2, 0.25) is 0 Å². The van der Waals surface area contributed by atoms with Crippen molar-refractivity contribution in [2.45, 2.75) is 32.2 Å². The first-order valence-electron chi connectivity index (χ1n) is 9.36. The van der Waals surface area contributed by atoms with E-state index in [-0.39, 0.29) is 35.9 Å². The van der Waals surface area contributed by atoms with Gasteiger partial charge in [-0.05, 0) is 43.5 Å². The topological polar surface area (TPSA) is 78.0 Å². The van der Waals surface area contributed by atoms with Gasteiger partial charge in [0, 0.05) is 44.5 Å². The zero-order valence-corrected chi connectivity index (χ0v) is 16.7. The van der Waals surface area contributed by atoms with Crippen molar-refractivity contribution in [2.24, 2.45) is 0 Å². The molecule has 2 aliphatic rings. The van der Waals surface area contributed by atoms with Crippen LogP contribution in [0.4, 0.5) is 11.4 Å². The molecule has 0 spiro atoms. The van der Waals surface area contributed by atoms with E-state index < -0.39 is 9.84 Å². The number of rotatable bonds is 5. The molecule has 2 amide bonds. The summed E-state index contributed by atoms with van der Waals surface area (Å²) in [7, 11) is -1.45. The Kier molecular flexibility index (Phi) is 5.74. The molecular weight excluding hydrogens is 366 g/mol. The third kappa shape index (κ3) is 4.61. The maximum Gasteiger partial charge on any atom is 0.242 e. The van der Waals surface area contributed by atoms with Gasteiger partial charge < -0.3 is 14.7 Å². The Hall–Kier alpha value is -2.09. The van der Waals surface area contributed by atoms with Gasteiger partial charge in [0.2, 0.25) is 11.8 Å². The molecular formula is C19H27N3O4S. The van der Waals surface area contributed by atoms with E-state index in [1.54, 1.807) is 7.05 Å². The van der Waals surface area contributed by atoms with Crippen molar-refractivity contribution in [3.8, 4) is 0 Å². The Morgan fingerprint density at radius 3 is 2.30 bits per heavy atom. The molecule has 0 bridgehead atoms. The van der Waals surface area contributed by atoms with E-state index >= 15 is 0 Å². The molecule has 2 saturated heterocycles. The molecule has 1 aromatic carbocycles. The largest absolute Gasteiger partial charge is 0.372 e. The molecule has 2 heterocycles. The first-order valence-corrected chi connectivity index (χ1v) is 11.2. The maximum atomic E-state index is 12.6. The highest BCUT2D eigenvalue weighted by molar-refractivity contribution is 7.91. The quantitative estimate of drug-likeness (QED) is 0.753. The first-order chi connectivity index (χ1) is 12.8. The lowest BCUT2D eigenvalue weighted by Gasteiger charge is -2.28. The Morgan fingerprint density at radius 1 is 1.15 bits per heavy atom. The Bertz CT molecular complexity index is 801. The van der Waals surface area contributed by atoms with Gasteiger partial charge in [-0.1, -0.05) is 0 Å². The minimum atomic E-state index is -3.06. The van der Waals surface area contributed by atoms with Crippen LogP contribution in [0, 0.1) is 0 Å². The molecule has 1 atom stereocenters. The molecule has 1 unspecified atom stereocenters. The lowest BCUT2D eigenvalue weighted by Crippen LogP contribution is -2.45. The van der Waals surface area contributed by atoms with Crippen LogP contribution in [0.15, 0.2) is 24.3 Å². The van der Waals surface area contributed by atoms with Crippen molar-refractivity contribution in [2.75, 3.05) is 48.0 Å². The Labute approximate surface area is 160 Å². The smallest absolute Gasteiger partial charge is 0.242 e. The Morgan fingerprint density at radius 2 is 1.78 bits per heavy atom. The van der Waals surface area contributed by atoms with Crippen molar-refractivity contribution in [1.29, 1.82) is 0 Å². The van der Waals surface area contributed by atoms with Crippen LogP contribution >= 0.6 is 0 Å². The maximum absolute atomic E-state index is 12.6. The normalized spacial score (nSPS) is 21.3. The van der Waals surface area contributed by atoms with Gasteiger partial charge in [0.1, 0.15) is 6.54 Å². The number of anilines is 2. The van der Waals surface area contributed by atoms with Crippen LogP contribution in [-0.2, 0) is 19.4 Å². The van der Waals surface area contributed by atoms with Crippen molar-refractivity contribution in [3.05, 3.63) is 24.3 Å². The molecule has 0 radical (unpaired) electrons. The average molecular weight is 394 g/mol. The average Bonchev–Trinajstić information content (AvgIpc) is 3.28. The first kappa shape index (κ1) is 19.7.